The molecule has 1 aliphatic rings. The molecule has 2 rings (SSSR count). The van der Waals surface area contributed by atoms with Gasteiger partial charge in [0.15, 0.2) is 0 Å². The normalized spacial score (nSPS) is 15.8. The smallest absolute Gasteiger partial charge is 0.348 e. The number of rotatable bonds is 2. The third-order valence-corrected chi connectivity index (χ3v) is 2.35. The minimum atomic E-state index is -3.95. The molecule has 0 atom stereocenters. The Morgan fingerprint density at radius 3 is 2.92 bits per heavy atom. The maximum absolute atomic E-state index is 10.6. The Morgan fingerprint density at radius 2 is 2.23 bits per heavy atom. The SMILES string of the molecule is NS(=O)(=O)Oc1n[nH]c2c1CCC2. The third-order valence-electron chi connectivity index (χ3n) is 1.96. The average Bonchev–Trinajstić information content (AvgIpc) is 2.50. The van der Waals surface area contributed by atoms with Gasteiger partial charge in [0.2, 0.25) is 0 Å². The summed E-state index contributed by atoms with van der Waals surface area (Å²) < 4.78 is 25.7. The molecule has 0 aliphatic heterocycles. The van der Waals surface area contributed by atoms with Crippen molar-refractivity contribution in [1.82, 2.24) is 10.2 Å². The highest BCUT2D eigenvalue weighted by Gasteiger charge is 2.21. The van der Waals surface area contributed by atoms with Crippen LogP contribution in [0.3, 0.4) is 0 Å². The van der Waals surface area contributed by atoms with Crippen LogP contribution in [0.25, 0.3) is 0 Å². The van der Waals surface area contributed by atoms with Crippen molar-refractivity contribution in [2.24, 2.45) is 5.14 Å². The molecule has 6 nitrogen and oxygen atoms in total. The number of aryl methyl sites for hydroxylation is 1. The molecule has 0 saturated heterocycles. The van der Waals surface area contributed by atoms with E-state index >= 15 is 0 Å². The zero-order valence-corrected chi connectivity index (χ0v) is 7.60. The molecular formula is C6H9N3O3S. The molecular weight excluding hydrogens is 194 g/mol. The van der Waals surface area contributed by atoms with Gasteiger partial charge in [0, 0.05) is 11.3 Å². The van der Waals surface area contributed by atoms with Crippen LogP contribution in [0.5, 0.6) is 5.88 Å². The van der Waals surface area contributed by atoms with Gasteiger partial charge in [0.1, 0.15) is 0 Å². The van der Waals surface area contributed by atoms with E-state index in [9.17, 15) is 8.42 Å². The first-order chi connectivity index (χ1) is 6.06. The summed E-state index contributed by atoms with van der Waals surface area (Å²) in [6.45, 7) is 0. The molecule has 1 aromatic heterocycles. The Labute approximate surface area is 75.3 Å². The van der Waals surface area contributed by atoms with Gasteiger partial charge in [-0.2, -0.15) is 13.6 Å². The molecule has 13 heavy (non-hydrogen) atoms. The van der Waals surface area contributed by atoms with Gasteiger partial charge in [0.05, 0.1) is 0 Å². The zero-order chi connectivity index (χ0) is 9.47. The third kappa shape index (κ3) is 1.65. The van der Waals surface area contributed by atoms with Crippen molar-refractivity contribution >= 4 is 10.3 Å². The molecule has 0 radical (unpaired) electrons. The van der Waals surface area contributed by atoms with Gasteiger partial charge >= 0.3 is 10.3 Å². The monoisotopic (exact) mass is 203 g/mol. The summed E-state index contributed by atoms with van der Waals surface area (Å²) in [7, 11) is -3.95. The quantitative estimate of drug-likeness (QED) is 0.675. The lowest BCUT2D eigenvalue weighted by atomic mass is 10.3. The van der Waals surface area contributed by atoms with Gasteiger partial charge in [-0.1, -0.05) is 0 Å². The predicted molar refractivity (Wildman–Crippen MR) is 44.3 cm³/mol. The highest BCUT2D eigenvalue weighted by Crippen LogP contribution is 2.28. The summed E-state index contributed by atoms with van der Waals surface area (Å²) in [5.74, 6) is 0.0926. The van der Waals surface area contributed by atoms with Crippen LogP contribution in [0.2, 0.25) is 0 Å². The Balaban J connectivity index is 2.32. The summed E-state index contributed by atoms with van der Waals surface area (Å²) in [6.07, 6.45) is 2.66. The molecule has 72 valence electrons. The van der Waals surface area contributed by atoms with Crippen LogP contribution < -0.4 is 9.32 Å². The van der Waals surface area contributed by atoms with Gasteiger partial charge in [-0.05, 0) is 19.3 Å². The van der Waals surface area contributed by atoms with E-state index in [2.05, 4.69) is 14.4 Å². The van der Waals surface area contributed by atoms with E-state index in [1.807, 2.05) is 0 Å². The van der Waals surface area contributed by atoms with Crippen molar-refractivity contribution in [2.75, 3.05) is 0 Å². The maximum atomic E-state index is 10.6. The molecule has 7 heteroatoms. The number of nitrogens with zero attached hydrogens (tertiary/aromatic N) is 1. The summed E-state index contributed by atoms with van der Waals surface area (Å²) in [5, 5.41) is 11.1. The second-order valence-corrected chi connectivity index (χ2v) is 4.07. The van der Waals surface area contributed by atoms with Crippen LogP contribution in [0.1, 0.15) is 17.7 Å². The number of fused-ring (bicyclic) bond motifs is 1. The fraction of sp³-hybridized carbons (Fsp3) is 0.500. The van der Waals surface area contributed by atoms with E-state index in [0.717, 1.165) is 30.5 Å². The zero-order valence-electron chi connectivity index (χ0n) is 6.78. The van der Waals surface area contributed by atoms with Crippen LogP contribution >= 0.6 is 0 Å². The van der Waals surface area contributed by atoms with E-state index in [4.69, 9.17) is 5.14 Å². The predicted octanol–water partition coefficient (Wildman–Crippen LogP) is -0.519. The van der Waals surface area contributed by atoms with Crippen molar-refractivity contribution < 1.29 is 12.6 Å². The second-order valence-electron chi connectivity index (χ2n) is 2.92. The molecule has 0 amide bonds. The lowest BCUT2D eigenvalue weighted by Gasteiger charge is -1.98. The maximum Gasteiger partial charge on any atom is 0.381 e. The van der Waals surface area contributed by atoms with Gasteiger partial charge in [-0.25, -0.2) is 0 Å². The molecule has 0 aromatic carbocycles. The highest BCUT2D eigenvalue weighted by molar-refractivity contribution is 7.84. The molecule has 0 fully saturated rings. The molecule has 1 aromatic rings. The number of nitrogens with two attached hydrogens (primary N) is 1. The van der Waals surface area contributed by atoms with Crippen molar-refractivity contribution in [3.05, 3.63) is 11.3 Å². The average molecular weight is 203 g/mol. The molecule has 0 bridgehead atoms. The van der Waals surface area contributed by atoms with E-state index in [1.54, 1.807) is 0 Å². The first-order valence-corrected chi connectivity index (χ1v) is 5.32. The van der Waals surface area contributed by atoms with Gasteiger partial charge < -0.3 is 4.18 Å². The number of aromatic amines is 1. The number of hydrogen-bond acceptors (Lipinski definition) is 4. The molecule has 1 aliphatic carbocycles. The van der Waals surface area contributed by atoms with Crippen LogP contribution in [-0.4, -0.2) is 18.6 Å². The molecule has 3 N–H and O–H groups in total. The van der Waals surface area contributed by atoms with Crippen molar-refractivity contribution in [1.29, 1.82) is 0 Å². The van der Waals surface area contributed by atoms with Gasteiger partial charge in [-0.3, -0.25) is 5.10 Å². The summed E-state index contributed by atoms with van der Waals surface area (Å²) >= 11 is 0. The van der Waals surface area contributed by atoms with Crippen molar-refractivity contribution in [2.45, 2.75) is 19.3 Å². The van der Waals surface area contributed by atoms with Gasteiger partial charge in [-0.15, -0.1) is 5.10 Å². The van der Waals surface area contributed by atoms with Crippen LogP contribution in [0.15, 0.2) is 0 Å². The largest absolute Gasteiger partial charge is 0.381 e. The number of nitrogens with one attached hydrogen (secondary N) is 1. The number of hydrogen-bond donors (Lipinski definition) is 2. The Hall–Kier alpha value is -1.08. The summed E-state index contributed by atoms with van der Waals surface area (Å²) in [4.78, 5) is 0. The Bertz CT molecular complexity index is 422. The van der Waals surface area contributed by atoms with E-state index in [0.29, 0.717) is 0 Å². The molecule has 0 saturated carbocycles. The Morgan fingerprint density at radius 1 is 1.46 bits per heavy atom. The van der Waals surface area contributed by atoms with E-state index < -0.39 is 10.3 Å². The topological polar surface area (TPSA) is 98.1 Å². The second kappa shape index (κ2) is 2.71. The minimum absolute atomic E-state index is 0.0926. The lowest BCUT2D eigenvalue weighted by molar-refractivity contribution is 0.473. The lowest BCUT2D eigenvalue weighted by Crippen LogP contribution is -2.19. The van der Waals surface area contributed by atoms with Crippen molar-refractivity contribution in [3.63, 3.8) is 0 Å². The van der Waals surface area contributed by atoms with Crippen LogP contribution in [0, 0.1) is 0 Å². The van der Waals surface area contributed by atoms with E-state index in [-0.39, 0.29) is 5.88 Å². The first-order valence-electron chi connectivity index (χ1n) is 3.84. The number of H-pyrrole nitrogens is 1. The molecule has 1 heterocycles. The molecule has 0 spiro atoms. The fourth-order valence-corrected chi connectivity index (χ4v) is 1.83. The van der Waals surface area contributed by atoms with E-state index in [1.165, 1.54) is 0 Å². The van der Waals surface area contributed by atoms with Gasteiger partial charge in [0.25, 0.3) is 5.88 Å². The van der Waals surface area contributed by atoms with Crippen molar-refractivity contribution in [3.8, 4) is 5.88 Å². The highest BCUT2D eigenvalue weighted by atomic mass is 32.2. The summed E-state index contributed by atoms with van der Waals surface area (Å²) in [5.41, 5.74) is 1.77. The standard InChI is InChI=1S/C6H9N3O3S/c7-13(10,11)12-6-4-2-1-3-5(4)8-9-6/h1-3H2,(H,8,9)(H2,7,10,11). The summed E-state index contributed by atoms with van der Waals surface area (Å²) in [6, 6.07) is 0. The fourth-order valence-electron chi connectivity index (χ4n) is 1.47. The molecule has 0 unspecified atom stereocenters. The number of aromatic nitrogens is 2. The van der Waals surface area contributed by atoms with Crippen LogP contribution in [-0.2, 0) is 23.1 Å². The Kier molecular flexibility index (Phi) is 1.77. The minimum Gasteiger partial charge on any atom is -0.348 e. The first kappa shape index (κ1) is 8.52. The van der Waals surface area contributed by atoms with Crippen LogP contribution in [0.4, 0.5) is 0 Å².